The standard InChI is InChI=1S/C38H46N2O8/c1-25-34(23-40-18-16-38(17-19-40)44-20-21-45-38)47-37(48-35(25)30-10-8-28(24-41)9-11-30)31-14-12-29(13-15-31)33-7-5-4-6-32(33)22-39-36(43)26(2)46-27(3)42/h4-15,25-26,34-35,37,41H,16-24H2,1-3H3,(H,39,43)/t25-,26+,34+,35+,37+/m1/s1. The lowest BCUT2D eigenvalue weighted by molar-refractivity contribution is -0.278. The van der Waals surface area contributed by atoms with Gasteiger partial charge in [0.2, 0.25) is 0 Å². The highest BCUT2D eigenvalue weighted by molar-refractivity contribution is 5.83. The zero-order valence-electron chi connectivity index (χ0n) is 27.9. The third-order valence-corrected chi connectivity index (χ3v) is 9.67. The summed E-state index contributed by atoms with van der Waals surface area (Å²) in [5.74, 6) is -1.19. The molecule has 48 heavy (non-hydrogen) atoms. The van der Waals surface area contributed by atoms with Crippen LogP contribution in [0, 0.1) is 5.92 Å². The molecule has 3 fully saturated rings. The number of carbonyl (C=O) groups excluding carboxylic acids is 2. The second-order valence-corrected chi connectivity index (χ2v) is 13.0. The van der Waals surface area contributed by atoms with E-state index >= 15 is 0 Å². The van der Waals surface area contributed by atoms with Gasteiger partial charge in [-0.05, 0) is 34.7 Å². The van der Waals surface area contributed by atoms with Crippen molar-refractivity contribution in [3.8, 4) is 11.1 Å². The topological polar surface area (TPSA) is 116 Å². The van der Waals surface area contributed by atoms with Gasteiger partial charge >= 0.3 is 5.97 Å². The summed E-state index contributed by atoms with van der Waals surface area (Å²) < 4.78 is 30.3. The third-order valence-electron chi connectivity index (χ3n) is 9.67. The molecule has 3 saturated heterocycles. The SMILES string of the molecule is CC(=O)O[C@@H](C)C(=O)NCc1ccccc1-c1ccc([C@H]2O[C@@H](CN3CCC4(CC3)OCCO4)[C@@H](C)[C@@H](c3ccc(CO)cc3)O2)cc1. The van der Waals surface area contributed by atoms with Crippen LogP contribution >= 0.6 is 0 Å². The van der Waals surface area contributed by atoms with Crippen molar-refractivity contribution >= 4 is 11.9 Å². The molecule has 3 heterocycles. The molecular weight excluding hydrogens is 612 g/mol. The summed E-state index contributed by atoms with van der Waals surface area (Å²) in [6.45, 7) is 9.18. The summed E-state index contributed by atoms with van der Waals surface area (Å²) >= 11 is 0. The van der Waals surface area contributed by atoms with Gasteiger partial charge in [0.15, 0.2) is 18.2 Å². The number of esters is 1. The molecule has 0 bridgehead atoms. The van der Waals surface area contributed by atoms with Crippen LogP contribution in [-0.2, 0) is 46.4 Å². The average molecular weight is 659 g/mol. The maximum Gasteiger partial charge on any atom is 0.303 e. The molecule has 10 nitrogen and oxygen atoms in total. The lowest BCUT2D eigenvalue weighted by atomic mass is 9.89. The van der Waals surface area contributed by atoms with Crippen LogP contribution in [0.15, 0.2) is 72.8 Å². The Kier molecular flexibility index (Phi) is 10.9. The molecule has 0 saturated carbocycles. The predicted molar refractivity (Wildman–Crippen MR) is 178 cm³/mol. The molecule has 256 valence electrons. The van der Waals surface area contributed by atoms with E-state index in [-0.39, 0.29) is 30.6 Å². The number of aliphatic hydroxyl groups excluding tert-OH is 1. The first-order chi connectivity index (χ1) is 23.2. The van der Waals surface area contributed by atoms with Crippen molar-refractivity contribution in [2.75, 3.05) is 32.8 Å². The first-order valence-electron chi connectivity index (χ1n) is 16.9. The Balaban J connectivity index is 1.18. The van der Waals surface area contributed by atoms with Gasteiger partial charge in [-0.1, -0.05) is 79.7 Å². The van der Waals surface area contributed by atoms with Crippen LogP contribution in [0.5, 0.6) is 0 Å². The Morgan fingerprint density at radius 1 is 0.958 bits per heavy atom. The second kappa shape index (κ2) is 15.3. The Labute approximate surface area is 282 Å². The molecule has 3 aromatic rings. The lowest BCUT2D eigenvalue weighted by Gasteiger charge is -2.44. The van der Waals surface area contributed by atoms with Gasteiger partial charge in [0.1, 0.15) is 0 Å². The van der Waals surface area contributed by atoms with Crippen molar-refractivity contribution in [1.82, 2.24) is 10.2 Å². The van der Waals surface area contributed by atoms with Crippen LogP contribution in [0.2, 0.25) is 0 Å². The van der Waals surface area contributed by atoms with E-state index in [1.54, 1.807) is 6.92 Å². The molecule has 0 radical (unpaired) electrons. The number of nitrogens with one attached hydrogen (secondary N) is 1. The smallest absolute Gasteiger partial charge is 0.303 e. The normalized spacial score (nSPS) is 24.7. The van der Waals surface area contributed by atoms with Crippen molar-refractivity contribution in [1.29, 1.82) is 0 Å². The molecule has 0 unspecified atom stereocenters. The highest BCUT2D eigenvalue weighted by Gasteiger charge is 2.43. The van der Waals surface area contributed by atoms with E-state index in [0.717, 1.165) is 65.9 Å². The van der Waals surface area contributed by atoms with Crippen molar-refractivity contribution in [2.24, 2.45) is 5.92 Å². The largest absolute Gasteiger partial charge is 0.453 e. The van der Waals surface area contributed by atoms with E-state index in [0.29, 0.717) is 19.8 Å². The Morgan fingerprint density at radius 3 is 2.29 bits per heavy atom. The molecule has 0 aromatic heterocycles. The zero-order valence-corrected chi connectivity index (χ0v) is 27.9. The zero-order chi connectivity index (χ0) is 33.7. The average Bonchev–Trinajstić information content (AvgIpc) is 3.57. The van der Waals surface area contributed by atoms with Crippen molar-refractivity contribution in [3.05, 3.63) is 95.1 Å². The molecule has 1 spiro atoms. The van der Waals surface area contributed by atoms with Gasteiger partial charge < -0.3 is 39.0 Å². The van der Waals surface area contributed by atoms with Crippen LogP contribution in [0.1, 0.15) is 68.3 Å². The Bertz CT molecular complexity index is 1530. The molecule has 3 aromatic carbocycles. The van der Waals surface area contributed by atoms with Crippen molar-refractivity contribution in [2.45, 2.75) is 77.2 Å². The number of nitrogens with zero attached hydrogens (tertiary/aromatic N) is 1. The van der Waals surface area contributed by atoms with Gasteiger partial charge in [0.25, 0.3) is 5.91 Å². The number of carbonyl (C=O) groups is 2. The quantitative estimate of drug-likeness (QED) is 0.289. The van der Waals surface area contributed by atoms with Gasteiger partial charge in [0, 0.05) is 57.4 Å². The Hall–Kier alpha value is -3.64. The van der Waals surface area contributed by atoms with Crippen molar-refractivity contribution < 1.29 is 38.4 Å². The van der Waals surface area contributed by atoms with E-state index in [9.17, 15) is 14.7 Å². The number of amides is 1. The fourth-order valence-corrected chi connectivity index (χ4v) is 6.85. The van der Waals surface area contributed by atoms with E-state index in [1.165, 1.54) is 6.92 Å². The molecule has 1 amide bonds. The molecule has 0 aliphatic carbocycles. The molecule has 2 N–H and O–H groups in total. The van der Waals surface area contributed by atoms with Gasteiger partial charge in [0.05, 0.1) is 32.0 Å². The van der Waals surface area contributed by atoms with E-state index < -0.39 is 24.2 Å². The van der Waals surface area contributed by atoms with Gasteiger partial charge in [-0.15, -0.1) is 0 Å². The van der Waals surface area contributed by atoms with Crippen molar-refractivity contribution in [3.63, 3.8) is 0 Å². The second-order valence-electron chi connectivity index (χ2n) is 13.0. The van der Waals surface area contributed by atoms with E-state index in [2.05, 4.69) is 17.1 Å². The number of ether oxygens (including phenoxy) is 5. The number of rotatable bonds is 10. The summed E-state index contributed by atoms with van der Waals surface area (Å²) in [7, 11) is 0. The molecule has 5 atom stereocenters. The van der Waals surface area contributed by atoms with Gasteiger partial charge in [-0.3, -0.25) is 9.59 Å². The van der Waals surface area contributed by atoms with Crippen LogP contribution < -0.4 is 5.32 Å². The highest BCUT2D eigenvalue weighted by atomic mass is 16.7. The summed E-state index contributed by atoms with van der Waals surface area (Å²) in [5.41, 5.74) is 5.75. The number of hydrogen-bond donors (Lipinski definition) is 2. The summed E-state index contributed by atoms with van der Waals surface area (Å²) in [6, 6.07) is 24.0. The van der Waals surface area contributed by atoms with Crippen LogP contribution in [0.4, 0.5) is 0 Å². The van der Waals surface area contributed by atoms with Crippen LogP contribution in [-0.4, -0.2) is 72.7 Å². The predicted octanol–water partition coefficient (Wildman–Crippen LogP) is 5.04. The number of likely N-dealkylation sites (tertiary alicyclic amines) is 1. The fourth-order valence-electron chi connectivity index (χ4n) is 6.85. The summed E-state index contributed by atoms with van der Waals surface area (Å²) in [4.78, 5) is 26.2. The lowest BCUT2D eigenvalue weighted by Crippen LogP contribution is -2.50. The summed E-state index contributed by atoms with van der Waals surface area (Å²) in [5, 5.41) is 12.5. The molecular formula is C38H46N2O8. The van der Waals surface area contributed by atoms with Gasteiger partial charge in [-0.2, -0.15) is 0 Å². The molecule has 3 aliphatic heterocycles. The maximum absolute atomic E-state index is 12.5. The van der Waals surface area contributed by atoms with Crippen LogP contribution in [0.25, 0.3) is 11.1 Å². The molecule has 6 rings (SSSR count). The number of benzene rings is 3. The molecule has 3 aliphatic rings. The maximum atomic E-state index is 12.5. The van der Waals surface area contributed by atoms with E-state index in [1.807, 2.05) is 72.8 Å². The fraction of sp³-hybridized carbons (Fsp3) is 0.474. The third kappa shape index (κ3) is 7.97. The minimum atomic E-state index is -0.866. The first kappa shape index (κ1) is 34.2. The minimum Gasteiger partial charge on any atom is -0.453 e. The monoisotopic (exact) mass is 658 g/mol. The Morgan fingerprint density at radius 2 is 1.62 bits per heavy atom. The van der Waals surface area contributed by atoms with Crippen LogP contribution in [0.3, 0.4) is 0 Å². The number of piperidine rings is 1. The van der Waals surface area contributed by atoms with E-state index in [4.69, 9.17) is 23.7 Å². The highest BCUT2D eigenvalue weighted by Crippen LogP contribution is 2.43. The number of aliphatic hydroxyl groups is 1. The first-order valence-corrected chi connectivity index (χ1v) is 16.9. The molecule has 10 heteroatoms. The number of hydrogen-bond acceptors (Lipinski definition) is 9. The van der Waals surface area contributed by atoms with Gasteiger partial charge in [-0.25, -0.2) is 0 Å². The minimum absolute atomic E-state index is 0.00511. The summed E-state index contributed by atoms with van der Waals surface area (Å²) in [6.07, 6.45) is -0.0239.